The van der Waals surface area contributed by atoms with Gasteiger partial charge in [0.25, 0.3) is 0 Å². The van der Waals surface area contributed by atoms with Crippen molar-refractivity contribution in [2.45, 2.75) is 31.2 Å². The topological polar surface area (TPSA) is 51.0 Å². The van der Waals surface area contributed by atoms with Crippen LogP contribution in [-0.4, -0.2) is 32.7 Å². The number of hydrogen-bond donors (Lipinski definition) is 0. The van der Waals surface area contributed by atoms with Crippen molar-refractivity contribution in [3.05, 3.63) is 71.8 Å². The number of thioether (sulfide) groups is 1. The highest BCUT2D eigenvalue weighted by Gasteiger charge is 2.20. The molecule has 4 rings (SSSR count). The van der Waals surface area contributed by atoms with Gasteiger partial charge < -0.3 is 4.57 Å². The van der Waals surface area contributed by atoms with Crippen LogP contribution in [0.4, 0.5) is 5.13 Å². The average molecular weight is 471 g/mol. The van der Waals surface area contributed by atoms with E-state index in [1.54, 1.807) is 23.9 Å². The van der Waals surface area contributed by atoms with Gasteiger partial charge in [0.15, 0.2) is 5.13 Å². The molecule has 2 aromatic heterocycles. The Labute approximate surface area is 195 Å². The normalized spacial score (nSPS) is 11.2. The van der Waals surface area contributed by atoms with Gasteiger partial charge in [-0.2, -0.15) is 0 Å². The molecule has 2 heterocycles. The Morgan fingerprint density at radius 3 is 2.81 bits per heavy atom. The monoisotopic (exact) mass is 470 g/mol. The highest BCUT2D eigenvalue weighted by atomic mass is 35.5. The molecule has 0 unspecified atom stereocenters. The number of anilines is 1. The first-order valence-electron chi connectivity index (χ1n) is 10.2. The number of aromatic nitrogens is 3. The van der Waals surface area contributed by atoms with Gasteiger partial charge in [-0.05, 0) is 54.8 Å². The maximum Gasteiger partial charge on any atom is 0.239 e. The molecule has 160 valence electrons. The summed E-state index contributed by atoms with van der Waals surface area (Å²) < 4.78 is 3.14. The summed E-state index contributed by atoms with van der Waals surface area (Å²) in [6.07, 6.45) is 7.31. The summed E-state index contributed by atoms with van der Waals surface area (Å²) in [4.78, 5) is 24.9. The summed E-state index contributed by atoms with van der Waals surface area (Å²) in [7, 11) is 0. The van der Waals surface area contributed by atoms with Crippen molar-refractivity contribution in [3.8, 4) is 0 Å². The fourth-order valence-electron chi connectivity index (χ4n) is 3.20. The maximum atomic E-state index is 13.2. The van der Waals surface area contributed by atoms with Crippen LogP contribution in [0.3, 0.4) is 0 Å². The number of imidazole rings is 1. The minimum Gasteiger partial charge on any atom is -0.337 e. The number of aryl methyl sites for hydroxylation is 2. The Bertz CT molecular complexity index is 1140. The summed E-state index contributed by atoms with van der Waals surface area (Å²) in [5, 5.41) is 1.45. The molecule has 0 aliphatic carbocycles. The van der Waals surface area contributed by atoms with Crippen molar-refractivity contribution < 1.29 is 4.79 Å². The van der Waals surface area contributed by atoms with Crippen molar-refractivity contribution >= 4 is 56.0 Å². The summed E-state index contributed by atoms with van der Waals surface area (Å²) in [5.41, 5.74) is 2.22. The Kier molecular flexibility index (Phi) is 7.27. The van der Waals surface area contributed by atoms with Gasteiger partial charge in [0.05, 0.1) is 22.3 Å². The van der Waals surface area contributed by atoms with Crippen molar-refractivity contribution in [2.75, 3.05) is 17.2 Å². The highest BCUT2D eigenvalue weighted by molar-refractivity contribution is 8.00. The van der Waals surface area contributed by atoms with Gasteiger partial charge in [-0.1, -0.05) is 35.9 Å². The minimum absolute atomic E-state index is 0.0559. The lowest BCUT2D eigenvalue weighted by molar-refractivity contribution is -0.116. The maximum absolute atomic E-state index is 13.2. The van der Waals surface area contributed by atoms with Gasteiger partial charge in [0.2, 0.25) is 5.91 Å². The molecule has 0 bridgehead atoms. The van der Waals surface area contributed by atoms with Gasteiger partial charge in [-0.25, -0.2) is 9.97 Å². The van der Waals surface area contributed by atoms with Gasteiger partial charge in [-0.3, -0.25) is 9.69 Å². The zero-order chi connectivity index (χ0) is 21.6. The van der Waals surface area contributed by atoms with Crippen LogP contribution in [0.2, 0.25) is 5.02 Å². The quantitative estimate of drug-likeness (QED) is 0.285. The summed E-state index contributed by atoms with van der Waals surface area (Å²) in [6.45, 7) is 3.56. The standard InChI is InChI=1S/C23H23ClN4OS2/c1-2-17-4-9-20-21(14-17)31-23(26-20)28(12-3-11-27-13-10-25-16-27)22(29)15-30-19-7-5-18(24)6-8-19/h4-10,13-14,16H,2-3,11-12,15H2,1H3. The number of thiazole rings is 1. The Hall–Kier alpha value is -2.35. The van der Waals surface area contributed by atoms with E-state index < -0.39 is 0 Å². The zero-order valence-electron chi connectivity index (χ0n) is 17.2. The van der Waals surface area contributed by atoms with E-state index in [1.807, 2.05) is 46.0 Å². The van der Waals surface area contributed by atoms with Crippen LogP contribution in [0.15, 0.2) is 66.1 Å². The molecule has 31 heavy (non-hydrogen) atoms. The van der Waals surface area contributed by atoms with Crippen LogP contribution in [0.5, 0.6) is 0 Å². The number of carbonyl (C=O) groups excluding carboxylic acids is 1. The van der Waals surface area contributed by atoms with E-state index in [1.165, 1.54) is 17.3 Å². The number of amides is 1. The molecule has 0 atom stereocenters. The van der Waals surface area contributed by atoms with E-state index in [-0.39, 0.29) is 5.91 Å². The molecule has 0 saturated carbocycles. The first-order chi connectivity index (χ1) is 15.1. The lowest BCUT2D eigenvalue weighted by atomic mass is 10.2. The molecule has 8 heteroatoms. The average Bonchev–Trinajstić information content (AvgIpc) is 3.45. The molecule has 0 saturated heterocycles. The summed E-state index contributed by atoms with van der Waals surface area (Å²) in [5.74, 6) is 0.406. The minimum atomic E-state index is 0.0559. The van der Waals surface area contributed by atoms with Gasteiger partial charge in [-0.15, -0.1) is 11.8 Å². The largest absolute Gasteiger partial charge is 0.337 e. The van der Waals surface area contributed by atoms with E-state index in [0.717, 1.165) is 39.6 Å². The van der Waals surface area contributed by atoms with Crippen molar-refractivity contribution in [1.82, 2.24) is 14.5 Å². The van der Waals surface area contributed by atoms with E-state index in [4.69, 9.17) is 16.6 Å². The molecule has 0 N–H and O–H groups in total. The molecule has 1 amide bonds. The van der Waals surface area contributed by atoms with Crippen molar-refractivity contribution in [1.29, 1.82) is 0 Å². The Morgan fingerprint density at radius 2 is 2.06 bits per heavy atom. The smallest absolute Gasteiger partial charge is 0.239 e. The van der Waals surface area contributed by atoms with Crippen LogP contribution < -0.4 is 4.90 Å². The molecule has 0 aliphatic rings. The van der Waals surface area contributed by atoms with Crippen LogP contribution in [-0.2, 0) is 17.8 Å². The van der Waals surface area contributed by atoms with Crippen molar-refractivity contribution in [3.63, 3.8) is 0 Å². The van der Waals surface area contributed by atoms with Gasteiger partial charge >= 0.3 is 0 Å². The lowest BCUT2D eigenvalue weighted by Gasteiger charge is -2.20. The second kappa shape index (κ2) is 10.3. The number of benzene rings is 2. The third-order valence-electron chi connectivity index (χ3n) is 4.91. The molecule has 5 nitrogen and oxygen atoms in total. The molecular weight excluding hydrogens is 448 g/mol. The molecule has 0 fully saturated rings. The first-order valence-corrected chi connectivity index (χ1v) is 12.3. The SMILES string of the molecule is CCc1ccc2nc(N(CCCn3ccnc3)C(=O)CSc3ccc(Cl)cc3)sc2c1. The predicted octanol–water partition coefficient (Wildman–Crippen LogP) is 5.92. The van der Waals surface area contributed by atoms with E-state index in [0.29, 0.717) is 17.3 Å². The van der Waals surface area contributed by atoms with Crippen LogP contribution in [0.25, 0.3) is 10.2 Å². The number of halogens is 1. The van der Waals surface area contributed by atoms with Crippen LogP contribution >= 0.6 is 34.7 Å². The van der Waals surface area contributed by atoms with E-state index in [2.05, 4.69) is 24.0 Å². The highest BCUT2D eigenvalue weighted by Crippen LogP contribution is 2.31. The van der Waals surface area contributed by atoms with E-state index in [9.17, 15) is 4.79 Å². The Balaban J connectivity index is 1.51. The van der Waals surface area contributed by atoms with Gasteiger partial charge in [0.1, 0.15) is 0 Å². The Morgan fingerprint density at radius 1 is 1.23 bits per heavy atom. The predicted molar refractivity (Wildman–Crippen MR) is 130 cm³/mol. The lowest BCUT2D eigenvalue weighted by Crippen LogP contribution is -2.33. The fraction of sp³-hybridized carbons (Fsp3) is 0.261. The molecule has 2 aromatic carbocycles. The second-order valence-corrected chi connectivity index (χ2v) is 9.59. The summed E-state index contributed by atoms with van der Waals surface area (Å²) in [6, 6.07) is 13.9. The van der Waals surface area contributed by atoms with Crippen LogP contribution in [0, 0.1) is 0 Å². The summed E-state index contributed by atoms with van der Waals surface area (Å²) >= 11 is 9.07. The zero-order valence-corrected chi connectivity index (χ0v) is 19.6. The first kappa shape index (κ1) is 21.9. The molecule has 0 aliphatic heterocycles. The van der Waals surface area contributed by atoms with E-state index >= 15 is 0 Å². The van der Waals surface area contributed by atoms with Crippen molar-refractivity contribution in [2.24, 2.45) is 0 Å². The molecular formula is C23H23ClN4OS2. The molecule has 0 radical (unpaired) electrons. The number of carbonyl (C=O) groups is 1. The molecule has 4 aromatic rings. The second-order valence-electron chi connectivity index (χ2n) is 7.09. The molecule has 0 spiro atoms. The number of rotatable bonds is 9. The van der Waals surface area contributed by atoms with Crippen LogP contribution in [0.1, 0.15) is 18.9 Å². The fourth-order valence-corrected chi connectivity index (χ4v) is 5.18. The number of nitrogens with zero attached hydrogens (tertiary/aromatic N) is 4. The van der Waals surface area contributed by atoms with Gasteiger partial charge in [0, 0.05) is 35.4 Å². The third-order valence-corrected chi connectivity index (χ3v) is 7.20. The number of hydrogen-bond acceptors (Lipinski definition) is 5. The third kappa shape index (κ3) is 5.67. The number of fused-ring (bicyclic) bond motifs is 1.